The summed E-state index contributed by atoms with van der Waals surface area (Å²) in [4.78, 5) is 0. The van der Waals surface area contributed by atoms with Crippen LogP contribution in [0.25, 0.3) is 0 Å². The minimum Gasteiger partial charge on any atom is -0.409 e. The molecule has 112 valence electrons. The lowest BCUT2D eigenvalue weighted by Crippen LogP contribution is -2.34. The van der Waals surface area contributed by atoms with Crippen LogP contribution in [0.2, 0.25) is 0 Å². The number of methoxy groups -OCH3 is 1. The predicted molar refractivity (Wildman–Crippen MR) is 73.1 cm³/mol. The Morgan fingerprint density at radius 3 is 2.90 bits per heavy atom. The molecule has 0 aliphatic carbocycles. The molecule has 1 rings (SSSR count). The number of oxime groups is 1. The normalized spacial score (nSPS) is 13.4. The summed E-state index contributed by atoms with van der Waals surface area (Å²) in [7, 11) is 1.56. The van der Waals surface area contributed by atoms with Crippen LogP contribution in [-0.4, -0.2) is 42.5 Å². The molecule has 6 nitrogen and oxygen atoms in total. The van der Waals surface area contributed by atoms with Crippen molar-refractivity contribution < 1.29 is 19.4 Å². The number of benzene rings is 1. The Morgan fingerprint density at radius 1 is 1.55 bits per heavy atom. The van der Waals surface area contributed by atoms with Crippen molar-refractivity contribution in [3.8, 4) is 0 Å². The average molecular weight is 285 g/mol. The van der Waals surface area contributed by atoms with E-state index in [1.807, 2.05) is 0 Å². The summed E-state index contributed by atoms with van der Waals surface area (Å²) in [5.74, 6) is -0.802. The molecule has 1 aromatic carbocycles. The quantitative estimate of drug-likeness (QED) is 0.240. The van der Waals surface area contributed by atoms with Crippen LogP contribution in [0.15, 0.2) is 23.4 Å². The first-order chi connectivity index (χ1) is 9.63. The topological polar surface area (TPSA) is 100 Å². The first-order valence-electron chi connectivity index (χ1n) is 6.22. The Balaban J connectivity index is 2.77. The maximum absolute atomic E-state index is 14.1. The Morgan fingerprint density at radius 2 is 2.30 bits per heavy atom. The summed E-state index contributed by atoms with van der Waals surface area (Å²) in [6, 6.07) is 4.61. The second-order valence-corrected chi connectivity index (χ2v) is 4.31. The standard InChI is InChI=1S/C13H20FN3O3/c1-20-8-10(5-6-18)16-7-9-3-2-4-11(12(9)14)13(15)17-19/h2-4,10,16,18-19H,5-8H2,1H3,(H2,15,17). The van der Waals surface area contributed by atoms with E-state index in [1.165, 1.54) is 6.07 Å². The second-order valence-electron chi connectivity index (χ2n) is 4.31. The summed E-state index contributed by atoms with van der Waals surface area (Å²) in [6.07, 6.45) is 0.509. The number of aliphatic hydroxyl groups is 1. The molecule has 0 heterocycles. The minimum atomic E-state index is -0.532. The van der Waals surface area contributed by atoms with E-state index in [9.17, 15) is 4.39 Å². The van der Waals surface area contributed by atoms with Gasteiger partial charge in [0.2, 0.25) is 0 Å². The fraction of sp³-hybridized carbons (Fsp3) is 0.462. The first kappa shape index (κ1) is 16.4. The van der Waals surface area contributed by atoms with Crippen molar-refractivity contribution in [2.75, 3.05) is 20.3 Å². The number of halogens is 1. The van der Waals surface area contributed by atoms with Gasteiger partial charge in [-0.3, -0.25) is 0 Å². The predicted octanol–water partition coefficient (Wildman–Crippen LogP) is 0.407. The van der Waals surface area contributed by atoms with Crippen LogP contribution in [0.1, 0.15) is 17.5 Å². The van der Waals surface area contributed by atoms with E-state index in [0.717, 1.165) is 0 Å². The average Bonchev–Trinajstić information content (AvgIpc) is 2.45. The van der Waals surface area contributed by atoms with E-state index in [2.05, 4.69) is 10.5 Å². The smallest absolute Gasteiger partial charge is 0.173 e. The van der Waals surface area contributed by atoms with Gasteiger partial charge in [-0.15, -0.1) is 0 Å². The zero-order valence-corrected chi connectivity index (χ0v) is 11.3. The molecule has 7 heteroatoms. The van der Waals surface area contributed by atoms with E-state index in [1.54, 1.807) is 19.2 Å². The van der Waals surface area contributed by atoms with E-state index < -0.39 is 5.82 Å². The zero-order chi connectivity index (χ0) is 15.0. The van der Waals surface area contributed by atoms with Gasteiger partial charge in [-0.1, -0.05) is 17.3 Å². The molecule has 1 aromatic rings. The summed E-state index contributed by atoms with van der Waals surface area (Å²) in [6.45, 7) is 0.697. The molecule has 1 atom stereocenters. The summed E-state index contributed by atoms with van der Waals surface area (Å²) < 4.78 is 19.2. The van der Waals surface area contributed by atoms with Crippen molar-refractivity contribution in [3.05, 3.63) is 35.1 Å². The van der Waals surface area contributed by atoms with Crippen molar-refractivity contribution in [3.63, 3.8) is 0 Å². The van der Waals surface area contributed by atoms with Crippen molar-refractivity contribution in [1.29, 1.82) is 0 Å². The van der Waals surface area contributed by atoms with Gasteiger partial charge in [-0.25, -0.2) is 4.39 Å². The lowest BCUT2D eigenvalue weighted by atomic mass is 10.1. The van der Waals surface area contributed by atoms with Crippen LogP contribution in [-0.2, 0) is 11.3 Å². The number of nitrogens with one attached hydrogen (secondary N) is 1. The largest absolute Gasteiger partial charge is 0.409 e. The highest BCUT2D eigenvalue weighted by Crippen LogP contribution is 2.13. The van der Waals surface area contributed by atoms with Gasteiger partial charge in [0.15, 0.2) is 5.84 Å². The fourth-order valence-electron chi connectivity index (χ4n) is 1.82. The highest BCUT2D eigenvalue weighted by atomic mass is 19.1. The molecule has 0 aliphatic heterocycles. The lowest BCUT2D eigenvalue weighted by Gasteiger charge is -2.17. The van der Waals surface area contributed by atoms with Crippen molar-refractivity contribution >= 4 is 5.84 Å². The van der Waals surface area contributed by atoms with E-state index >= 15 is 0 Å². The Hall–Kier alpha value is -1.70. The van der Waals surface area contributed by atoms with Gasteiger partial charge in [0.1, 0.15) is 5.82 Å². The Labute approximate surface area is 117 Å². The fourth-order valence-corrected chi connectivity index (χ4v) is 1.82. The molecule has 0 aromatic heterocycles. The van der Waals surface area contributed by atoms with Gasteiger partial charge in [0.25, 0.3) is 0 Å². The molecule has 0 aliphatic rings. The van der Waals surface area contributed by atoms with Gasteiger partial charge in [0, 0.05) is 31.9 Å². The maximum atomic E-state index is 14.1. The molecule has 0 saturated carbocycles. The number of nitrogens with zero attached hydrogens (tertiary/aromatic N) is 1. The molecule has 0 amide bonds. The van der Waals surface area contributed by atoms with Crippen LogP contribution >= 0.6 is 0 Å². The van der Waals surface area contributed by atoms with Crippen LogP contribution in [0.3, 0.4) is 0 Å². The monoisotopic (exact) mass is 285 g/mol. The number of aliphatic hydroxyl groups excluding tert-OH is 1. The van der Waals surface area contributed by atoms with Gasteiger partial charge in [-0.05, 0) is 12.5 Å². The van der Waals surface area contributed by atoms with Crippen LogP contribution < -0.4 is 11.1 Å². The van der Waals surface area contributed by atoms with Crippen LogP contribution in [0.5, 0.6) is 0 Å². The highest BCUT2D eigenvalue weighted by molar-refractivity contribution is 5.97. The van der Waals surface area contributed by atoms with E-state index in [4.69, 9.17) is 20.8 Å². The third-order valence-corrected chi connectivity index (χ3v) is 2.89. The van der Waals surface area contributed by atoms with Crippen LogP contribution in [0, 0.1) is 5.82 Å². The molecule has 5 N–H and O–H groups in total. The van der Waals surface area contributed by atoms with Gasteiger partial charge in [-0.2, -0.15) is 0 Å². The molecule has 0 saturated heterocycles. The van der Waals surface area contributed by atoms with Gasteiger partial charge < -0.3 is 26.1 Å². The number of hydrogen-bond acceptors (Lipinski definition) is 5. The number of hydrogen-bond donors (Lipinski definition) is 4. The van der Waals surface area contributed by atoms with Gasteiger partial charge in [0.05, 0.1) is 12.2 Å². The molecular formula is C13H20FN3O3. The van der Waals surface area contributed by atoms with Crippen LogP contribution in [0.4, 0.5) is 4.39 Å². The number of ether oxygens (including phenoxy) is 1. The SMILES string of the molecule is COCC(CCO)NCc1cccc(/C(N)=N/O)c1F. The first-order valence-corrected chi connectivity index (χ1v) is 6.22. The number of amidine groups is 1. The Bertz CT molecular complexity index is 448. The van der Waals surface area contributed by atoms with Gasteiger partial charge >= 0.3 is 0 Å². The summed E-state index contributed by atoms with van der Waals surface area (Å²) in [5.41, 5.74) is 5.85. The van der Waals surface area contributed by atoms with Crippen molar-refractivity contribution in [2.24, 2.45) is 10.9 Å². The molecule has 20 heavy (non-hydrogen) atoms. The number of rotatable bonds is 8. The molecule has 0 radical (unpaired) electrons. The lowest BCUT2D eigenvalue weighted by molar-refractivity contribution is 0.148. The summed E-state index contributed by atoms with van der Waals surface area (Å²) >= 11 is 0. The zero-order valence-electron chi connectivity index (χ0n) is 11.3. The summed E-state index contributed by atoms with van der Waals surface area (Å²) in [5, 5.41) is 23.4. The van der Waals surface area contributed by atoms with Crippen molar-refractivity contribution in [1.82, 2.24) is 5.32 Å². The molecule has 0 spiro atoms. The number of nitrogens with two attached hydrogens (primary N) is 1. The molecule has 0 fully saturated rings. The second kappa shape index (κ2) is 8.47. The maximum Gasteiger partial charge on any atom is 0.173 e. The third kappa shape index (κ3) is 4.44. The molecule has 1 unspecified atom stereocenters. The van der Waals surface area contributed by atoms with Crippen molar-refractivity contribution in [2.45, 2.75) is 19.0 Å². The molecule has 0 bridgehead atoms. The Kier molecular flexibility index (Phi) is 6.92. The minimum absolute atomic E-state index is 0.0215. The molecular weight excluding hydrogens is 265 g/mol. The van der Waals surface area contributed by atoms with E-state index in [0.29, 0.717) is 18.6 Å². The highest BCUT2D eigenvalue weighted by Gasteiger charge is 2.13. The third-order valence-electron chi connectivity index (χ3n) is 2.89. The van der Waals surface area contributed by atoms with E-state index in [-0.39, 0.29) is 30.6 Å².